The van der Waals surface area contributed by atoms with E-state index in [1.807, 2.05) is 36.4 Å². The van der Waals surface area contributed by atoms with E-state index in [9.17, 15) is 0 Å². The molecule has 6 aromatic carbocycles. The maximum Gasteiger partial charge on any atom is 0.159 e. The van der Waals surface area contributed by atoms with E-state index in [0.717, 1.165) is 45.9 Å². The van der Waals surface area contributed by atoms with E-state index >= 15 is 0 Å². The van der Waals surface area contributed by atoms with Gasteiger partial charge in [-0.05, 0) is 59.0 Å². The van der Waals surface area contributed by atoms with Crippen LogP contribution in [0.5, 0.6) is 0 Å². The molecule has 2 aliphatic rings. The number of hydrogen-bond donors (Lipinski definition) is 2. The Hall–Kier alpha value is -5.94. The second-order valence-electron chi connectivity index (χ2n) is 11.9. The Balaban J connectivity index is 1.15. The quantitative estimate of drug-likeness (QED) is 0.189. The molecule has 0 amide bonds. The highest BCUT2D eigenvalue weighted by atomic mass is 15.3. The van der Waals surface area contributed by atoms with Crippen molar-refractivity contribution in [3.63, 3.8) is 0 Å². The largest absolute Gasteiger partial charge is 0.363 e. The molecule has 2 heterocycles. The second kappa shape index (κ2) is 12.5. The molecule has 5 heteroatoms. The van der Waals surface area contributed by atoms with Crippen molar-refractivity contribution >= 4 is 28.7 Å². The molecule has 0 aliphatic carbocycles. The van der Waals surface area contributed by atoms with Gasteiger partial charge in [0.15, 0.2) is 5.84 Å². The first kappa shape index (κ1) is 28.5. The Kier molecular flexibility index (Phi) is 7.56. The van der Waals surface area contributed by atoms with Crippen molar-refractivity contribution in [2.24, 2.45) is 9.98 Å². The van der Waals surface area contributed by atoms with Gasteiger partial charge in [0.2, 0.25) is 0 Å². The molecular weight excluding hydrogens is 574 g/mol. The van der Waals surface area contributed by atoms with Crippen LogP contribution in [0.3, 0.4) is 0 Å². The van der Waals surface area contributed by atoms with Gasteiger partial charge < -0.3 is 15.5 Å². The molecule has 228 valence electrons. The summed E-state index contributed by atoms with van der Waals surface area (Å²) in [5.74, 6) is 1.54. The van der Waals surface area contributed by atoms with Gasteiger partial charge in [-0.15, -0.1) is 0 Å². The van der Waals surface area contributed by atoms with Gasteiger partial charge >= 0.3 is 0 Å². The normalized spacial score (nSPS) is 16.8. The topological polar surface area (TPSA) is 52.0 Å². The Morgan fingerprint density at radius 1 is 0.553 bits per heavy atom. The zero-order chi connectivity index (χ0) is 31.6. The lowest BCUT2D eigenvalue weighted by Crippen LogP contribution is -2.33. The summed E-state index contributed by atoms with van der Waals surface area (Å²) in [6, 6.07) is 55.3. The number of para-hydroxylation sites is 3. The van der Waals surface area contributed by atoms with Crippen LogP contribution in [0.1, 0.15) is 36.2 Å². The molecule has 2 aliphatic heterocycles. The van der Waals surface area contributed by atoms with Gasteiger partial charge in [-0.2, -0.15) is 0 Å². The summed E-state index contributed by atoms with van der Waals surface area (Å²) in [6.45, 7) is 2.23. The van der Waals surface area contributed by atoms with E-state index in [4.69, 9.17) is 9.98 Å². The van der Waals surface area contributed by atoms with Crippen molar-refractivity contribution in [3.8, 4) is 22.3 Å². The fourth-order valence-electron chi connectivity index (χ4n) is 6.56. The zero-order valence-electron chi connectivity index (χ0n) is 26.2. The molecule has 8 rings (SSSR count). The van der Waals surface area contributed by atoms with E-state index in [2.05, 4.69) is 144 Å². The molecule has 0 spiro atoms. The van der Waals surface area contributed by atoms with Crippen LogP contribution in [0, 0.1) is 0 Å². The SMILES string of the molecule is CCC1Nc2ccccc2N1c1ccccc1-c1cccc(-c2cccc(C3N=C(c4ccccc4)N=C(c4ccccc4)N3)c2)c1. The molecule has 0 radical (unpaired) electrons. The Morgan fingerprint density at radius 3 is 1.96 bits per heavy atom. The first-order valence-corrected chi connectivity index (χ1v) is 16.2. The van der Waals surface area contributed by atoms with Crippen LogP contribution in [0.2, 0.25) is 0 Å². The number of anilines is 3. The monoisotopic (exact) mass is 609 g/mol. The molecule has 0 fully saturated rings. The first-order valence-electron chi connectivity index (χ1n) is 16.2. The van der Waals surface area contributed by atoms with Crippen molar-refractivity contribution in [1.82, 2.24) is 5.32 Å². The maximum absolute atomic E-state index is 5.09. The van der Waals surface area contributed by atoms with Crippen LogP contribution in [0.4, 0.5) is 17.1 Å². The Bertz CT molecular complexity index is 2100. The number of amidine groups is 2. The summed E-state index contributed by atoms with van der Waals surface area (Å²) >= 11 is 0. The highest BCUT2D eigenvalue weighted by molar-refractivity contribution is 6.13. The molecule has 47 heavy (non-hydrogen) atoms. The number of nitrogens with zero attached hydrogens (tertiary/aromatic N) is 3. The molecule has 2 N–H and O–H groups in total. The number of aliphatic imine (C=N–C) groups is 2. The predicted octanol–water partition coefficient (Wildman–Crippen LogP) is 9.82. The molecule has 2 unspecified atom stereocenters. The highest BCUT2D eigenvalue weighted by Gasteiger charge is 2.30. The third-order valence-corrected chi connectivity index (χ3v) is 8.88. The maximum atomic E-state index is 5.09. The van der Waals surface area contributed by atoms with Gasteiger partial charge in [0.05, 0.1) is 17.1 Å². The third kappa shape index (κ3) is 5.57. The number of rotatable bonds is 7. The van der Waals surface area contributed by atoms with Gasteiger partial charge in [-0.3, -0.25) is 0 Å². The summed E-state index contributed by atoms with van der Waals surface area (Å²) in [5, 5.41) is 7.32. The molecular formula is C42H35N5. The number of benzene rings is 6. The molecule has 2 atom stereocenters. The van der Waals surface area contributed by atoms with Gasteiger partial charge in [0.25, 0.3) is 0 Å². The zero-order valence-corrected chi connectivity index (χ0v) is 26.2. The van der Waals surface area contributed by atoms with Crippen LogP contribution in [0.15, 0.2) is 168 Å². The van der Waals surface area contributed by atoms with E-state index in [0.29, 0.717) is 0 Å². The van der Waals surface area contributed by atoms with Crippen LogP contribution >= 0.6 is 0 Å². The van der Waals surface area contributed by atoms with Crippen LogP contribution in [-0.2, 0) is 0 Å². The number of hydrogen-bond acceptors (Lipinski definition) is 5. The van der Waals surface area contributed by atoms with E-state index in [1.165, 1.54) is 28.2 Å². The van der Waals surface area contributed by atoms with Crippen molar-refractivity contribution in [2.45, 2.75) is 25.7 Å². The van der Waals surface area contributed by atoms with Crippen molar-refractivity contribution in [2.75, 3.05) is 10.2 Å². The summed E-state index contributed by atoms with van der Waals surface area (Å²) in [7, 11) is 0. The van der Waals surface area contributed by atoms with Crippen LogP contribution < -0.4 is 15.5 Å². The minimum Gasteiger partial charge on any atom is -0.363 e. The van der Waals surface area contributed by atoms with Crippen molar-refractivity contribution in [3.05, 3.63) is 174 Å². The minimum atomic E-state index is -0.282. The first-order chi connectivity index (χ1) is 23.2. The van der Waals surface area contributed by atoms with Gasteiger partial charge in [-0.25, -0.2) is 9.98 Å². The fraction of sp³-hybridized carbons (Fsp3) is 0.0952. The molecule has 0 saturated heterocycles. The Morgan fingerprint density at radius 2 is 1.17 bits per heavy atom. The van der Waals surface area contributed by atoms with Crippen LogP contribution in [0.25, 0.3) is 22.3 Å². The van der Waals surface area contributed by atoms with E-state index in [1.54, 1.807) is 0 Å². The number of fused-ring (bicyclic) bond motifs is 1. The predicted molar refractivity (Wildman–Crippen MR) is 195 cm³/mol. The smallest absolute Gasteiger partial charge is 0.159 e. The van der Waals surface area contributed by atoms with Gasteiger partial charge in [0, 0.05) is 16.7 Å². The lowest BCUT2D eigenvalue weighted by atomic mass is 9.96. The van der Waals surface area contributed by atoms with Crippen molar-refractivity contribution < 1.29 is 0 Å². The molecule has 5 nitrogen and oxygen atoms in total. The lowest BCUT2D eigenvalue weighted by Gasteiger charge is -2.28. The highest BCUT2D eigenvalue weighted by Crippen LogP contribution is 2.44. The number of nitrogens with one attached hydrogen (secondary N) is 2. The van der Waals surface area contributed by atoms with E-state index in [-0.39, 0.29) is 12.3 Å². The van der Waals surface area contributed by atoms with Gasteiger partial charge in [-0.1, -0.05) is 134 Å². The summed E-state index contributed by atoms with van der Waals surface area (Å²) in [4.78, 5) is 12.5. The summed E-state index contributed by atoms with van der Waals surface area (Å²) in [5.41, 5.74) is 11.4. The lowest BCUT2D eigenvalue weighted by molar-refractivity contribution is 0.674. The average molecular weight is 610 g/mol. The summed E-state index contributed by atoms with van der Waals surface area (Å²) in [6.07, 6.45) is 0.897. The molecule has 0 aromatic heterocycles. The molecule has 6 aromatic rings. The minimum absolute atomic E-state index is 0.196. The van der Waals surface area contributed by atoms with Gasteiger partial charge in [0.1, 0.15) is 18.2 Å². The summed E-state index contributed by atoms with van der Waals surface area (Å²) < 4.78 is 0. The second-order valence-corrected chi connectivity index (χ2v) is 11.9. The third-order valence-electron chi connectivity index (χ3n) is 8.88. The fourth-order valence-corrected chi connectivity index (χ4v) is 6.56. The molecule has 0 bridgehead atoms. The Labute approximate surface area is 276 Å². The average Bonchev–Trinajstić information content (AvgIpc) is 3.54. The van der Waals surface area contributed by atoms with Crippen molar-refractivity contribution in [1.29, 1.82) is 0 Å². The van der Waals surface area contributed by atoms with E-state index < -0.39 is 0 Å². The standard InChI is InChI=1S/C42H35N5/c1-2-39-43-36-24-10-12-26-38(36)47(39)37-25-11-9-23-35(37)33-21-13-19-31(27-33)32-20-14-22-34(28-32)42-45-40(29-15-5-3-6-16-29)44-41(46-42)30-17-7-4-8-18-30/h3-28,39,42-43H,2H2,1H3,(H,44,45,46). The molecule has 0 saturated carbocycles. The van der Waals surface area contributed by atoms with Crippen LogP contribution in [-0.4, -0.2) is 17.8 Å².